The zero-order valence-corrected chi connectivity index (χ0v) is 14.3. The molecule has 1 aliphatic heterocycles. The van der Waals surface area contributed by atoms with Crippen LogP contribution in [0.5, 0.6) is 0 Å². The van der Waals surface area contributed by atoms with Gasteiger partial charge in [-0.1, -0.05) is 23.7 Å². The molecule has 1 fully saturated rings. The predicted molar refractivity (Wildman–Crippen MR) is 92.4 cm³/mol. The second kappa shape index (κ2) is 6.52. The Kier molecular flexibility index (Phi) is 4.94. The van der Waals surface area contributed by atoms with Crippen LogP contribution in [0, 0.1) is 13.8 Å². The normalized spacial score (nSPS) is 19.4. The minimum Gasteiger partial charge on any atom is -0.323 e. The summed E-state index contributed by atoms with van der Waals surface area (Å²) in [5.74, 6) is 1.02. The first-order valence-corrected chi connectivity index (χ1v) is 7.77. The number of allylic oxidation sites excluding steroid dienone is 1. The topological polar surface area (TPSA) is 18.8 Å². The van der Waals surface area contributed by atoms with Crippen molar-refractivity contribution in [2.24, 2.45) is 5.10 Å². The largest absolute Gasteiger partial charge is 0.323 e. The molecule has 1 saturated heterocycles. The first kappa shape index (κ1) is 15.9. The summed E-state index contributed by atoms with van der Waals surface area (Å²) in [4.78, 5) is 2.26. The van der Waals surface area contributed by atoms with E-state index in [0.717, 1.165) is 35.9 Å². The third-order valence-corrected chi connectivity index (χ3v) is 3.97. The van der Waals surface area contributed by atoms with Crippen molar-refractivity contribution in [3.8, 4) is 0 Å². The summed E-state index contributed by atoms with van der Waals surface area (Å²) >= 11 is 6.53. The quantitative estimate of drug-likeness (QED) is 0.755. The van der Waals surface area contributed by atoms with Crippen LogP contribution in [0.15, 0.2) is 28.9 Å². The van der Waals surface area contributed by atoms with Gasteiger partial charge in [0.05, 0.1) is 10.7 Å². The van der Waals surface area contributed by atoms with E-state index in [2.05, 4.69) is 37.8 Å². The number of piperidine rings is 1. The third-order valence-electron chi connectivity index (χ3n) is 3.68. The first-order chi connectivity index (χ1) is 9.93. The van der Waals surface area contributed by atoms with Crippen molar-refractivity contribution in [1.29, 1.82) is 0 Å². The van der Waals surface area contributed by atoms with Crippen molar-refractivity contribution in [2.75, 3.05) is 25.5 Å². The molecule has 0 radical (unpaired) electrons. The molecule has 114 valence electrons. The lowest BCUT2D eigenvalue weighted by atomic mass is 10.0. The Balaban J connectivity index is 2.55. The molecule has 0 spiro atoms. The lowest BCUT2D eigenvalue weighted by Gasteiger charge is -2.34. The molecule has 3 nitrogen and oxygen atoms in total. The standard InChI is InChI=1S/C17H24ClN3/c1-6-14-8-7-9-21(17(14)19-20(4)5)16-13(3)10-12(2)11-15(16)18/h6,10-11H,7-9H2,1-5H3/b14-6+,19-17+. The minimum atomic E-state index is 0.802. The molecule has 0 saturated carbocycles. The average Bonchev–Trinajstić information content (AvgIpc) is 2.38. The van der Waals surface area contributed by atoms with Gasteiger partial charge < -0.3 is 9.91 Å². The fraction of sp³-hybridized carbons (Fsp3) is 0.471. The van der Waals surface area contributed by atoms with Gasteiger partial charge in [0.25, 0.3) is 0 Å². The van der Waals surface area contributed by atoms with E-state index in [1.54, 1.807) is 0 Å². The average molecular weight is 306 g/mol. The number of hydrogen-bond acceptors (Lipinski definition) is 2. The first-order valence-electron chi connectivity index (χ1n) is 7.39. The SMILES string of the molecule is C/C=C1\CCCN(c2c(C)cc(C)cc2Cl)\C1=N\N(C)C. The Labute approximate surface area is 132 Å². The molecular formula is C17H24ClN3. The summed E-state index contributed by atoms with van der Waals surface area (Å²) in [6.45, 7) is 7.22. The smallest absolute Gasteiger partial charge is 0.155 e. The van der Waals surface area contributed by atoms with Gasteiger partial charge in [0.15, 0.2) is 5.84 Å². The number of nitrogens with zero attached hydrogens (tertiary/aromatic N) is 3. The van der Waals surface area contributed by atoms with Gasteiger partial charge >= 0.3 is 0 Å². The van der Waals surface area contributed by atoms with E-state index in [1.807, 2.05) is 25.2 Å². The summed E-state index contributed by atoms with van der Waals surface area (Å²) in [5.41, 5.74) is 4.76. The van der Waals surface area contributed by atoms with Crippen LogP contribution < -0.4 is 4.90 Å². The van der Waals surface area contributed by atoms with E-state index in [-0.39, 0.29) is 0 Å². The lowest BCUT2D eigenvalue weighted by molar-refractivity contribution is 0.435. The molecule has 0 atom stereocenters. The number of hydrazone groups is 1. The minimum absolute atomic E-state index is 0.802. The number of benzene rings is 1. The highest BCUT2D eigenvalue weighted by molar-refractivity contribution is 6.34. The maximum Gasteiger partial charge on any atom is 0.155 e. The van der Waals surface area contributed by atoms with Crippen molar-refractivity contribution in [3.05, 3.63) is 39.9 Å². The van der Waals surface area contributed by atoms with Crippen LogP contribution in [0.25, 0.3) is 0 Å². The van der Waals surface area contributed by atoms with Crippen LogP contribution in [-0.4, -0.2) is 31.5 Å². The fourth-order valence-corrected chi connectivity index (χ4v) is 3.29. The molecule has 0 unspecified atom stereocenters. The van der Waals surface area contributed by atoms with Crippen molar-refractivity contribution < 1.29 is 0 Å². The molecule has 0 amide bonds. The van der Waals surface area contributed by atoms with Gasteiger partial charge in [-0.15, -0.1) is 0 Å². The van der Waals surface area contributed by atoms with Gasteiger partial charge in [0.1, 0.15) is 0 Å². The third kappa shape index (κ3) is 3.41. The van der Waals surface area contributed by atoms with Crippen LogP contribution in [-0.2, 0) is 0 Å². The molecule has 0 aliphatic carbocycles. The fourth-order valence-electron chi connectivity index (χ4n) is 2.87. The summed E-state index contributed by atoms with van der Waals surface area (Å²) in [7, 11) is 3.91. The zero-order chi connectivity index (χ0) is 15.6. The lowest BCUT2D eigenvalue weighted by Crippen LogP contribution is -2.39. The molecule has 1 aromatic rings. The van der Waals surface area contributed by atoms with Gasteiger partial charge in [-0.25, -0.2) is 0 Å². The number of hydrogen-bond donors (Lipinski definition) is 0. The number of amidine groups is 1. The van der Waals surface area contributed by atoms with Crippen LogP contribution in [0.1, 0.15) is 30.9 Å². The Morgan fingerprint density at radius 1 is 1.29 bits per heavy atom. The summed E-state index contributed by atoms with van der Waals surface area (Å²) in [5, 5.41) is 7.36. The van der Waals surface area contributed by atoms with E-state index in [1.165, 1.54) is 16.7 Å². The molecule has 1 aromatic carbocycles. The summed E-state index contributed by atoms with van der Waals surface area (Å²) in [6, 6.07) is 4.21. The van der Waals surface area contributed by atoms with Crippen molar-refractivity contribution in [1.82, 2.24) is 5.01 Å². The van der Waals surface area contributed by atoms with E-state index >= 15 is 0 Å². The Bertz CT molecular complexity index is 565. The Morgan fingerprint density at radius 3 is 2.57 bits per heavy atom. The highest BCUT2D eigenvalue weighted by Gasteiger charge is 2.25. The zero-order valence-electron chi connectivity index (χ0n) is 13.6. The highest BCUT2D eigenvalue weighted by atomic mass is 35.5. The van der Waals surface area contributed by atoms with E-state index < -0.39 is 0 Å². The molecule has 0 aromatic heterocycles. The van der Waals surface area contributed by atoms with Crippen LogP contribution >= 0.6 is 11.6 Å². The molecular weight excluding hydrogens is 282 g/mol. The Morgan fingerprint density at radius 2 is 2.00 bits per heavy atom. The van der Waals surface area contributed by atoms with Crippen molar-refractivity contribution in [2.45, 2.75) is 33.6 Å². The maximum atomic E-state index is 6.53. The summed E-state index contributed by atoms with van der Waals surface area (Å²) < 4.78 is 0. The molecule has 0 N–H and O–H groups in total. The molecule has 21 heavy (non-hydrogen) atoms. The van der Waals surface area contributed by atoms with Crippen LogP contribution in [0.3, 0.4) is 0 Å². The number of rotatable bonds is 2. The number of anilines is 1. The molecule has 0 bridgehead atoms. The second-order valence-electron chi connectivity index (χ2n) is 5.75. The highest BCUT2D eigenvalue weighted by Crippen LogP contribution is 2.34. The van der Waals surface area contributed by atoms with Crippen LogP contribution in [0.4, 0.5) is 5.69 Å². The van der Waals surface area contributed by atoms with Crippen molar-refractivity contribution >= 4 is 23.1 Å². The molecule has 4 heteroatoms. The molecule has 1 aliphatic rings. The molecule has 2 rings (SSSR count). The monoisotopic (exact) mass is 305 g/mol. The predicted octanol–water partition coefficient (Wildman–Crippen LogP) is 4.38. The van der Waals surface area contributed by atoms with Gasteiger partial charge in [-0.3, -0.25) is 0 Å². The van der Waals surface area contributed by atoms with E-state index in [9.17, 15) is 0 Å². The van der Waals surface area contributed by atoms with Gasteiger partial charge in [0.2, 0.25) is 0 Å². The second-order valence-corrected chi connectivity index (χ2v) is 6.16. The van der Waals surface area contributed by atoms with Gasteiger partial charge in [-0.05, 0) is 56.4 Å². The van der Waals surface area contributed by atoms with Crippen LogP contribution in [0.2, 0.25) is 5.02 Å². The number of halogens is 1. The number of aryl methyl sites for hydroxylation is 2. The van der Waals surface area contributed by atoms with E-state index in [4.69, 9.17) is 16.7 Å². The van der Waals surface area contributed by atoms with Crippen molar-refractivity contribution in [3.63, 3.8) is 0 Å². The van der Waals surface area contributed by atoms with Gasteiger partial charge in [0, 0.05) is 20.6 Å². The maximum absolute atomic E-state index is 6.53. The van der Waals surface area contributed by atoms with E-state index in [0.29, 0.717) is 0 Å². The van der Waals surface area contributed by atoms with Gasteiger partial charge in [-0.2, -0.15) is 5.10 Å². The Hall–Kier alpha value is -1.48. The molecule has 1 heterocycles. The summed E-state index contributed by atoms with van der Waals surface area (Å²) in [6.07, 6.45) is 4.35.